The van der Waals surface area contributed by atoms with Gasteiger partial charge in [0.1, 0.15) is 0 Å². The molecule has 2 nitrogen and oxygen atoms in total. The van der Waals surface area contributed by atoms with Crippen molar-refractivity contribution >= 4 is 0 Å². The largest absolute Gasteiger partial charge is 0.393 e. The topological polar surface area (TPSA) is 29.5 Å². The second-order valence-corrected chi connectivity index (χ2v) is 3.69. The lowest BCUT2D eigenvalue weighted by molar-refractivity contribution is 0.0191. The molecule has 1 aromatic rings. The van der Waals surface area contributed by atoms with E-state index in [9.17, 15) is 0 Å². The molecular formula is C12H18O2. The Balaban J connectivity index is 2.27. The minimum absolute atomic E-state index is 0.107. The normalized spacial score (nSPS) is 15.1. The first-order chi connectivity index (χ1) is 6.68. The van der Waals surface area contributed by atoms with Crippen LogP contribution < -0.4 is 0 Å². The van der Waals surface area contributed by atoms with E-state index in [1.165, 1.54) is 5.56 Å². The standard InChI is InChI=1S/C12H18O2/c1-10(13)8-11(2)14-9-12-6-4-3-5-7-12/h3-7,10-11,13H,8-9H2,1-2H3/t10?,11-/m1/s1. The van der Waals surface area contributed by atoms with Crippen molar-refractivity contribution in [3.8, 4) is 0 Å². The molecule has 0 saturated carbocycles. The molecule has 0 aromatic heterocycles. The van der Waals surface area contributed by atoms with Crippen molar-refractivity contribution in [2.24, 2.45) is 0 Å². The van der Waals surface area contributed by atoms with Crippen LogP contribution >= 0.6 is 0 Å². The molecule has 0 saturated heterocycles. The van der Waals surface area contributed by atoms with Gasteiger partial charge >= 0.3 is 0 Å². The molecule has 0 radical (unpaired) electrons. The third-order valence-corrected chi connectivity index (χ3v) is 2.05. The Morgan fingerprint density at radius 1 is 1.21 bits per heavy atom. The summed E-state index contributed by atoms with van der Waals surface area (Å²) in [6, 6.07) is 10.1. The number of rotatable bonds is 5. The summed E-state index contributed by atoms with van der Waals surface area (Å²) in [5.41, 5.74) is 1.17. The highest BCUT2D eigenvalue weighted by atomic mass is 16.5. The highest BCUT2D eigenvalue weighted by molar-refractivity contribution is 5.13. The highest BCUT2D eigenvalue weighted by Crippen LogP contribution is 2.07. The van der Waals surface area contributed by atoms with Crippen LogP contribution in [0.15, 0.2) is 30.3 Å². The summed E-state index contributed by atoms with van der Waals surface area (Å²) in [6.45, 7) is 4.38. The van der Waals surface area contributed by atoms with Crippen LogP contribution in [0, 0.1) is 0 Å². The maximum Gasteiger partial charge on any atom is 0.0720 e. The van der Waals surface area contributed by atoms with E-state index in [4.69, 9.17) is 9.84 Å². The molecule has 0 spiro atoms. The average molecular weight is 194 g/mol. The van der Waals surface area contributed by atoms with Crippen LogP contribution in [0.3, 0.4) is 0 Å². The predicted octanol–water partition coefficient (Wildman–Crippen LogP) is 2.36. The van der Waals surface area contributed by atoms with E-state index in [0.717, 1.165) is 0 Å². The van der Waals surface area contributed by atoms with Crippen LogP contribution in [0.25, 0.3) is 0 Å². The van der Waals surface area contributed by atoms with Crippen molar-refractivity contribution < 1.29 is 9.84 Å². The fourth-order valence-corrected chi connectivity index (χ4v) is 1.36. The minimum atomic E-state index is -0.291. The Bertz CT molecular complexity index is 244. The molecule has 1 rings (SSSR count). The lowest BCUT2D eigenvalue weighted by Crippen LogP contribution is -2.15. The molecule has 0 amide bonds. The van der Waals surface area contributed by atoms with Gasteiger partial charge in [0.05, 0.1) is 18.8 Å². The maximum atomic E-state index is 9.14. The second-order valence-electron chi connectivity index (χ2n) is 3.69. The van der Waals surface area contributed by atoms with Gasteiger partial charge in [-0.15, -0.1) is 0 Å². The summed E-state index contributed by atoms with van der Waals surface area (Å²) in [7, 11) is 0. The summed E-state index contributed by atoms with van der Waals surface area (Å²) < 4.78 is 5.58. The minimum Gasteiger partial charge on any atom is -0.393 e. The Morgan fingerprint density at radius 2 is 1.86 bits per heavy atom. The van der Waals surface area contributed by atoms with E-state index in [0.29, 0.717) is 13.0 Å². The summed E-state index contributed by atoms with van der Waals surface area (Å²) >= 11 is 0. The molecule has 0 bridgehead atoms. The van der Waals surface area contributed by atoms with Crippen LogP contribution in [0.4, 0.5) is 0 Å². The third kappa shape index (κ3) is 4.40. The first-order valence-electron chi connectivity index (χ1n) is 5.02. The van der Waals surface area contributed by atoms with Crippen LogP contribution in [0.5, 0.6) is 0 Å². The monoisotopic (exact) mass is 194 g/mol. The lowest BCUT2D eigenvalue weighted by atomic mass is 10.2. The van der Waals surface area contributed by atoms with Crippen molar-refractivity contribution in [2.75, 3.05) is 0 Å². The van der Waals surface area contributed by atoms with E-state index >= 15 is 0 Å². The van der Waals surface area contributed by atoms with Gasteiger partial charge in [0.2, 0.25) is 0 Å². The quantitative estimate of drug-likeness (QED) is 0.779. The summed E-state index contributed by atoms with van der Waals surface area (Å²) in [5, 5.41) is 9.14. The van der Waals surface area contributed by atoms with Gasteiger partial charge in [-0.25, -0.2) is 0 Å². The predicted molar refractivity (Wildman–Crippen MR) is 57.0 cm³/mol. The van der Waals surface area contributed by atoms with Crippen molar-refractivity contribution in [1.29, 1.82) is 0 Å². The number of aliphatic hydroxyl groups is 1. The van der Waals surface area contributed by atoms with Crippen LogP contribution in [-0.2, 0) is 11.3 Å². The molecular weight excluding hydrogens is 176 g/mol. The van der Waals surface area contributed by atoms with Crippen molar-refractivity contribution in [2.45, 2.75) is 39.1 Å². The van der Waals surface area contributed by atoms with Gasteiger partial charge in [-0.1, -0.05) is 30.3 Å². The van der Waals surface area contributed by atoms with E-state index < -0.39 is 0 Å². The van der Waals surface area contributed by atoms with Crippen molar-refractivity contribution in [3.63, 3.8) is 0 Å². The van der Waals surface area contributed by atoms with Crippen LogP contribution in [0.2, 0.25) is 0 Å². The van der Waals surface area contributed by atoms with Gasteiger partial charge in [0, 0.05) is 0 Å². The Labute approximate surface area is 85.5 Å². The zero-order valence-electron chi connectivity index (χ0n) is 8.81. The smallest absolute Gasteiger partial charge is 0.0720 e. The first kappa shape index (κ1) is 11.2. The highest BCUT2D eigenvalue weighted by Gasteiger charge is 2.05. The van der Waals surface area contributed by atoms with Crippen molar-refractivity contribution in [3.05, 3.63) is 35.9 Å². The molecule has 0 aliphatic heterocycles. The second kappa shape index (κ2) is 5.78. The Kier molecular flexibility index (Phi) is 4.63. The molecule has 1 unspecified atom stereocenters. The summed E-state index contributed by atoms with van der Waals surface area (Å²) in [5.74, 6) is 0. The van der Waals surface area contributed by atoms with E-state index in [1.54, 1.807) is 6.92 Å². The molecule has 14 heavy (non-hydrogen) atoms. The lowest BCUT2D eigenvalue weighted by Gasteiger charge is -2.14. The number of hydrogen-bond donors (Lipinski definition) is 1. The molecule has 0 aliphatic carbocycles. The maximum absolute atomic E-state index is 9.14. The molecule has 1 N–H and O–H groups in total. The molecule has 2 heteroatoms. The SMILES string of the molecule is CC(O)C[C@@H](C)OCc1ccccc1. The first-order valence-corrected chi connectivity index (χ1v) is 5.02. The van der Waals surface area contributed by atoms with Crippen LogP contribution in [-0.4, -0.2) is 17.3 Å². The number of aliphatic hydroxyl groups excluding tert-OH is 1. The van der Waals surface area contributed by atoms with Gasteiger partial charge in [0.15, 0.2) is 0 Å². The average Bonchev–Trinajstić information content (AvgIpc) is 2.15. The fraction of sp³-hybridized carbons (Fsp3) is 0.500. The van der Waals surface area contributed by atoms with E-state index in [1.807, 2.05) is 37.3 Å². The zero-order valence-corrected chi connectivity index (χ0v) is 8.81. The molecule has 0 fully saturated rings. The fourth-order valence-electron chi connectivity index (χ4n) is 1.36. The third-order valence-electron chi connectivity index (χ3n) is 2.05. The van der Waals surface area contributed by atoms with Gasteiger partial charge < -0.3 is 9.84 Å². The number of ether oxygens (including phenoxy) is 1. The van der Waals surface area contributed by atoms with Crippen LogP contribution in [0.1, 0.15) is 25.8 Å². The number of hydrogen-bond acceptors (Lipinski definition) is 2. The molecule has 2 atom stereocenters. The Hall–Kier alpha value is -0.860. The number of benzene rings is 1. The Morgan fingerprint density at radius 3 is 2.43 bits per heavy atom. The molecule has 0 heterocycles. The van der Waals surface area contributed by atoms with Gasteiger partial charge in [0.25, 0.3) is 0 Å². The van der Waals surface area contributed by atoms with E-state index in [-0.39, 0.29) is 12.2 Å². The zero-order chi connectivity index (χ0) is 10.4. The summed E-state index contributed by atoms with van der Waals surface area (Å²) in [4.78, 5) is 0. The van der Waals surface area contributed by atoms with Gasteiger partial charge in [-0.2, -0.15) is 0 Å². The molecule has 1 aromatic carbocycles. The van der Waals surface area contributed by atoms with Crippen molar-refractivity contribution in [1.82, 2.24) is 0 Å². The van der Waals surface area contributed by atoms with Gasteiger partial charge in [-0.3, -0.25) is 0 Å². The summed E-state index contributed by atoms with van der Waals surface area (Å²) in [6.07, 6.45) is 0.503. The van der Waals surface area contributed by atoms with E-state index in [2.05, 4.69) is 0 Å². The molecule has 78 valence electrons. The molecule has 0 aliphatic rings. The van der Waals surface area contributed by atoms with Gasteiger partial charge in [-0.05, 0) is 25.8 Å².